The van der Waals surface area contributed by atoms with E-state index in [0.717, 1.165) is 30.9 Å². The van der Waals surface area contributed by atoms with Gasteiger partial charge >= 0.3 is 0 Å². The lowest BCUT2D eigenvalue weighted by molar-refractivity contribution is -0.117. The summed E-state index contributed by atoms with van der Waals surface area (Å²) in [5.74, 6) is 0.833. The molecule has 2 aromatic rings. The number of hydrogen-bond acceptors (Lipinski definition) is 4. The number of fused-ring (bicyclic) bond motifs is 1. The maximum Gasteiger partial charge on any atom is 0.251 e. The molecule has 2 amide bonds. The first-order valence-electron chi connectivity index (χ1n) is 12.4. The van der Waals surface area contributed by atoms with Crippen molar-refractivity contribution >= 4 is 28.8 Å². The quantitative estimate of drug-likeness (QED) is 0.623. The van der Waals surface area contributed by atoms with Gasteiger partial charge in [0.25, 0.3) is 5.91 Å². The van der Waals surface area contributed by atoms with Gasteiger partial charge in [0.2, 0.25) is 5.91 Å². The van der Waals surface area contributed by atoms with Crippen LogP contribution in [0.4, 0.5) is 11.4 Å². The zero-order valence-electron chi connectivity index (χ0n) is 20.2. The van der Waals surface area contributed by atoms with Crippen molar-refractivity contribution in [2.75, 3.05) is 30.4 Å². The zero-order chi connectivity index (χ0) is 23.8. The molecule has 3 aliphatic rings. The molecule has 0 radical (unpaired) electrons. The number of benzene rings is 2. The highest BCUT2D eigenvalue weighted by atomic mass is 16.2. The third-order valence-electron chi connectivity index (χ3n) is 7.56. The van der Waals surface area contributed by atoms with Crippen molar-refractivity contribution in [2.45, 2.75) is 45.2 Å². The Bertz CT molecular complexity index is 1120. The van der Waals surface area contributed by atoms with Crippen LogP contribution in [0, 0.1) is 11.8 Å². The Morgan fingerprint density at radius 2 is 1.85 bits per heavy atom. The predicted molar refractivity (Wildman–Crippen MR) is 137 cm³/mol. The maximum absolute atomic E-state index is 12.9. The second-order valence-electron chi connectivity index (χ2n) is 9.81. The van der Waals surface area contributed by atoms with Crippen molar-refractivity contribution in [3.05, 3.63) is 65.2 Å². The van der Waals surface area contributed by atoms with Crippen LogP contribution >= 0.6 is 0 Å². The fraction of sp³-hybridized carbons (Fsp3) is 0.429. The Labute approximate surface area is 201 Å². The summed E-state index contributed by atoms with van der Waals surface area (Å²) in [6.45, 7) is 5.85. The minimum absolute atomic E-state index is 0.0734. The molecular weight excluding hydrogens is 424 g/mol. The lowest BCUT2D eigenvalue weighted by Gasteiger charge is -2.46. The molecule has 1 saturated carbocycles. The Balaban J connectivity index is 1.55. The van der Waals surface area contributed by atoms with E-state index in [1.165, 1.54) is 29.5 Å². The van der Waals surface area contributed by atoms with Crippen molar-refractivity contribution in [1.29, 1.82) is 0 Å². The highest BCUT2D eigenvalue weighted by molar-refractivity contribution is 5.95. The minimum Gasteiger partial charge on any atom is -0.378 e. The lowest BCUT2D eigenvalue weighted by atomic mass is 9.78. The molecule has 0 bridgehead atoms. The SMILES string of the molecule is CNC(=O)c1ccc(N[C@H]2c3cc(C4=CCNCC4)ccc3N(C(C)=O)[C@@H](C3CC3)[C@@H]2C)cc1. The van der Waals surface area contributed by atoms with Crippen molar-refractivity contribution in [3.63, 3.8) is 0 Å². The molecule has 6 nitrogen and oxygen atoms in total. The largest absolute Gasteiger partial charge is 0.378 e. The van der Waals surface area contributed by atoms with Crippen molar-refractivity contribution in [1.82, 2.24) is 10.6 Å². The van der Waals surface area contributed by atoms with Crippen LogP contribution in [-0.2, 0) is 4.79 Å². The average molecular weight is 459 g/mol. The van der Waals surface area contributed by atoms with E-state index in [2.05, 4.69) is 52.0 Å². The fourth-order valence-electron chi connectivity index (χ4n) is 5.69. The van der Waals surface area contributed by atoms with Crippen LogP contribution < -0.4 is 20.9 Å². The first-order valence-corrected chi connectivity index (χ1v) is 12.4. The van der Waals surface area contributed by atoms with Crippen LogP contribution in [0.1, 0.15) is 60.6 Å². The van der Waals surface area contributed by atoms with Gasteiger partial charge in [0.1, 0.15) is 0 Å². The van der Waals surface area contributed by atoms with Crippen molar-refractivity contribution in [2.24, 2.45) is 11.8 Å². The van der Waals surface area contributed by atoms with Crippen LogP contribution in [0.2, 0.25) is 0 Å². The topological polar surface area (TPSA) is 73.5 Å². The van der Waals surface area contributed by atoms with E-state index in [0.29, 0.717) is 11.5 Å². The molecule has 0 saturated heterocycles. The Morgan fingerprint density at radius 1 is 1.09 bits per heavy atom. The van der Waals surface area contributed by atoms with Gasteiger partial charge in [0, 0.05) is 49.4 Å². The summed E-state index contributed by atoms with van der Waals surface area (Å²) in [4.78, 5) is 26.9. The first kappa shape index (κ1) is 22.7. The summed E-state index contributed by atoms with van der Waals surface area (Å²) in [6, 6.07) is 14.5. The van der Waals surface area contributed by atoms with Crippen molar-refractivity contribution < 1.29 is 9.59 Å². The number of amides is 2. The van der Waals surface area contributed by atoms with Gasteiger partial charge in [-0.2, -0.15) is 0 Å². The highest BCUT2D eigenvalue weighted by Crippen LogP contribution is 2.50. The number of anilines is 2. The summed E-state index contributed by atoms with van der Waals surface area (Å²) in [7, 11) is 1.64. The minimum atomic E-state index is -0.0892. The molecule has 0 unspecified atom stereocenters. The lowest BCUT2D eigenvalue weighted by Crippen LogP contribution is -2.51. The molecule has 2 aliphatic heterocycles. The number of rotatable bonds is 5. The standard InChI is InChI=1S/C28H34N4O2/c1-17-26(31-23-9-6-21(7-10-23)28(34)29-3)24-16-22(19-12-14-30-15-13-19)8-11-25(24)32(18(2)33)27(17)20-4-5-20/h6-12,16-17,20,26-27,30-31H,4-5,13-15H2,1-3H3,(H,29,34)/t17-,26-,27-/m1/s1. The number of carbonyl (C=O) groups is 2. The molecule has 6 heteroatoms. The van der Waals surface area contributed by atoms with Crippen LogP contribution in [0.25, 0.3) is 5.57 Å². The van der Waals surface area contributed by atoms with E-state index in [1.807, 2.05) is 24.3 Å². The van der Waals surface area contributed by atoms with Gasteiger partial charge in [0.15, 0.2) is 0 Å². The molecule has 1 aliphatic carbocycles. The second-order valence-corrected chi connectivity index (χ2v) is 9.81. The van der Waals surface area contributed by atoms with Gasteiger partial charge in [-0.3, -0.25) is 9.59 Å². The monoisotopic (exact) mass is 458 g/mol. The average Bonchev–Trinajstić information content (AvgIpc) is 3.70. The Kier molecular flexibility index (Phi) is 6.17. The number of nitrogens with zero attached hydrogens (tertiary/aromatic N) is 1. The molecule has 1 fully saturated rings. The van der Waals surface area contributed by atoms with Gasteiger partial charge in [0.05, 0.1) is 6.04 Å². The summed E-state index contributed by atoms with van der Waals surface area (Å²) >= 11 is 0. The number of hydrogen-bond donors (Lipinski definition) is 3. The van der Waals surface area contributed by atoms with Gasteiger partial charge < -0.3 is 20.9 Å². The van der Waals surface area contributed by atoms with E-state index in [9.17, 15) is 9.59 Å². The van der Waals surface area contributed by atoms with Gasteiger partial charge in [-0.25, -0.2) is 0 Å². The second kappa shape index (κ2) is 9.26. The maximum atomic E-state index is 12.9. The summed E-state index contributed by atoms with van der Waals surface area (Å²) in [5, 5.41) is 9.83. The van der Waals surface area contributed by atoms with Crippen LogP contribution in [-0.4, -0.2) is 38.0 Å². The molecule has 2 heterocycles. The van der Waals surface area contributed by atoms with Gasteiger partial charge in [-0.05, 0) is 84.8 Å². The third kappa shape index (κ3) is 4.23. The fourth-order valence-corrected chi connectivity index (χ4v) is 5.69. The van der Waals surface area contributed by atoms with E-state index in [1.54, 1.807) is 14.0 Å². The molecule has 0 spiro atoms. The molecule has 5 rings (SSSR count). The molecule has 178 valence electrons. The molecule has 3 N–H and O–H groups in total. The Hall–Kier alpha value is -3.12. The third-order valence-corrected chi connectivity index (χ3v) is 7.56. The van der Waals surface area contributed by atoms with Gasteiger partial charge in [-0.1, -0.05) is 19.1 Å². The molecule has 2 aromatic carbocycles. The summed E-state index contributed by atoms with van der Waals surface area (Å²) < 4.78 is 0. The van der Waals surface area contributed by atoms with E-state index in [4.69, 9.17) is 0 Å². The number of nitrogens with one attached hydrogen (secondary N) is 3. The van der Waals surface area contributed by atoms with E-state index in [-0.39, 0.29) is 29.8 Å². The number of carbonyl (C=O) groups excluding carboxylic acids is 2. The smallest absolute Gasteiger partial charge is 0.251 e. The van der Waals surface area contributed by atoms with Crippen LogP contribution in [0.3, 0.4) is 0 Å². The van der Waals surface area contributed by atoms with Crippen LogP contribution in [0.5, 0.6) is 0 Å². The van der Waals surface area contributed by atoms with Gasteiger partial charge in [-0.15, -0.1) is 0 Å². The normalized spacial score (nSPS) is 24.1. The predicted octanol–water partition coefficient (Wildman–Crippen LogP) is 4.36. The van der Waals surface area contributed by atoms with E-state index < -0.39 is 0 Å². The molecule has 34 heavy (non-hydrogen) atoms. The molecule has 0 aromatic heterocycles. The summed E-state index contributed by atoms with van der Waals surface area (Å²) in [5.41, 5.74) is 6.42. The summed E-state index contributed by atoms with van der Waals surface area (Å²) in [6.07, 6.45) is 5.64. The molecular formula is C28H34N4O2. The van der Waals surface area contributed by atoms with Crippen LogP contribution in [0.15, 0.2) is 48.5 Å². The zero-order valence-corrected chi connectivity index (χ0v) is 20.2. The molecule has 3 atom stereocenters. The van der Waals surface area contributed by atoms with E-state index >= 15 is 0 Å². The Morgan fingerprint density at radius 3 is 2.47 bits per heavy atom. The van der Waals surface area contributed by atoms with Crippen molar-refractivity contribution in [3.8, 4) is 0 Å². The highest BCUT2D eigenvalue weighted by Gasteiger charge is 2.47. The first-order chi connectivity index (χ1) is 16.5.